The second-order valence-electron chi connectivity index (χ2n) is 3.98. The lowest BCUT2D eigenvalue weighted by Gasteiger charge is -2.17. The van der Waals surface area contributed by atoms with Crippen molar-refractivity contribution in [2.45, 2.75) is 12.5 Å². The number of imide groups is 1. The predicted octanol–water partition coefficient (Wildman–Crippen LogP) is 0.0709. The van der Waals surface area contributed by atoms with Crippen molar-refractivity contribution in [3.8, 4) is 0 Å². The van der Waals surface area contributed by atoms with Crippen LogP contribution in [0.3, 0.4) is 0 Å². The lowest BCUT2D eigenvalue weighted by atomic mass is 10.1. The van der Waals surface area contributed by atoms with Crippen LogP contribution in [0, 0.1) is 0 Å². The first-order valence-electron chi connectivity index (χ1n) is 5.80. The summed E-state index contributed by atoms with van der Waals surface area (Å²) >= 11 is 0. The second kappa shape index (κ2) is 7.62. The highest BCUT2D eigenvalue weighted by atomic mass is 16.5. The summed E-state index contributed by atoms with van der Waals surface area (Å²) in [5, 5.41) is 4.20. The number of carbonyl (C=O) groups is 3. The number of carbonyl (C=O) groups excluding carboxylic acids is 3. The third-order valence-electron chi connectivity index (χ3n) is 2.31. The van der Waals surface area contributed by atoms with Gasteiger partial charge in [0, 0.05) is 0 Å². The maximum atomic E-state index is 11.1. The summed E-state index contributed by atoms with van der Waals surface area (Å²) in [6.45, 7) is -0.142. The lowest BCUT2D eigenvalue weighted by molar-refractivity contribution is 0.136. The molecule has 0 aliphatic heterocycles. The monoisotopic (exact) mass is 280 g/mol. The molecule has 0 bridgehead atoms. The molecule has 0 saturated heterocycles. The van der Waals surface area contributed by atoms with E-state index in [0.717, 1.165) is 5.56 Å². The van der Waals surface area contributed by atoms with Crippen molar-refractivity contribution >= 4 is 18.2 Å². The molecular formula is C12H16N4O4. The Morgan fingerprint density at radius 3 is 2.30 bits per heavy atom. The van der Waals surface area contributed by atoms with E-state index in [4.69, 9.17) is 16.2 Å². The van der Waals surface area contributed by atoms with Crippen LogP contribution in [0.25, 0.3) is 0 Å². The molecule has 0 aliphatic carbocycles. The molecule has 20 heavy (non-hydrogen) atoms. The van der Waals surface area contributed by atoms with E-state index in [2.05, 4.69) is 5.32 Å². The molecule has 0 aliphatic rings. The Kier molecular flexibility index (Phi) is 5.82. The van der Waals surface area contributed by atoms with E-state index in [1.165, 1.54) is 0 Å². The fraction of sp³-hybridized carbons (Fsp3) is 0.250. The molecule has 8 heteroatoms. The molecule has 0 unspecified atom stereocenters. The van der Waals surface area contributed by atoms with Crippen molar-refractivity contribution in [2.75, 3.05) is 6.61 Å². The number of ether oxygens (including phenoxy) is 1. The number of rotatable bonds is 5. The molecule has 0 saturated carbocycles. The maximum Gasteiger partial charge on any atom is 0.415 e. The fourth-order valence-corrected chi connectivity index (χ4v) is 1.56. The summed E-state index contributed by atoms with van der Waals surface area (Å²) in [6, 6.07) is 7.01. The molecule has 5 amide bonds. The number of hydrogen-bond acceptors (Lipinski definition) is 4. The van der Waals surface area contributed by atoms with Gasteiger partial charge in [-0.15, -0.1) is 0 Å². The van der Waals surface area contributed by atoms with E-state index in [1.54, 1.807) is 5.32 Å². The Bertz CT molecular complexity index is 478. The van der Waals surface area contributed by atoms with Gasteiger partial charge in [0.2, 0.25) is 0 Å². The molecular weight excluding hydrogens is 264 g/mol. The maximum absolute atomic E-state index is 11.1. The van der Waals surface area contributed by atoms with Crippen molar-refractivity contribution in [3.05, 3.63) is 35.9 Å². The zero-order valence-corrected chi connectivity index (χ0v) is 10.7. The van der Waals surface area contributed by atoms with Crippen LogP contribution >= 0.6 is 0 Å². The molecule has 1 atom stereocenters. The van der Waals surface area contributed by atoms with Gasteiger partial charge in [-0.3, -0.25) is 0 Å². The normalized spacial score (nSPS) is 11.2. The van der Waals surface area contributed by atoms with Crippen LogP contribution < -0.4 is 22.1 Å². The van der Waals surface area contributed by atoms with Gasteiger partial charge >= 0.3 is 18.2 Å². The Hall–Kier alpha value is -2.77. The third-order valence-corrected chi connectivity index (χ3v) is 2.31. The topological polar surface area (TPSA) is 137 Å². The summed E-state index contributed by atoms with van der Waals surface area (Å²) in [5.74, 6) is 0. The average Bonchev–Trinajstić information content (AvgIpc) is 2.36. The summed E-state index contributed by atoms with van der Waals surface area (Å²) in [6.07, 6.45) is -0.560. The molecule has 0 spiro atoms. The van der Waals surface area contributed by atoms with Gasteiger partial charge in [0.15, 0.2) is 0 Å². The van der Waals surface area contributed by atoms with Crippen molar-refractivity contribution in [2.24, 2.45) is 11.5 Å². The zero-order chi connectivity index (χ0) is 15.0. The molecule has 108 valence electrons. The zero-order valence-electron chi connectivity index (χ0n) is 10.7. The van der Waals surface area contributed by atoms with E-state index in [1.807, 2.05) is 30.3 Å². The Balaban J connectivity index is 2.54. The van der Waals surface area contributed by atoms with E-state index < -0.39 is 24.2 Å². The lowest BCUT2D eigenvalue weighted by Crippen LogP contribution is -2.44. The van der Waals surface area contributed by atoms with Gasteiger partial charge in [0.1, 0.15) is 6.61 Å². The van der Waals surface area contributed by atoms with E-state index >= 15 is 0 Å². The minimum absolute atomic E-state index is 0.142. The van der Waals surface area contributed by atoms with Crippen LogP contribution in [0.4, 0.5) is 14.4 Å². The van der Waals surface area contributed by atoms with Crippen LogP contribution in [-0.2, 0) is 11.2 Å². The quantitative estimate of drug-likeness (QED) is 0.606. The molecule has 1 aromatic rings. The highest BCUT2D eigenvalue weighted by molar-refractivity contribution is 5.89. The summed E-state index contributed by atoms with van der Waals surface area (Å²) in [7, 11) is 0. The highest BCUT2D eigenvalue weighted by Crippen LogP contribution is 2.03. The molecule has 0 fully saturated rings. The van der Waals surface area contributed by atoms with Gasteiger partial charge in [-0.05, 0) is 12.0 Å². The highest BCUT2D eigenvalue weighted by Gasteiger charge is 2.14. The van der Waals surface area contributed by atoms with Crippen LogP contribution in [0.1, 0.15) is 5.56 Å². The summed E-state index contributed by atoms with van der Waals surface area (Å²) < 4.78 is 4.77. The van der Waals surface area contributed by atoms with E-state index in [-0.39, 0.29) is 6.61 Å². The largest absolute Gasteiger partial charge is 0.447 e. The fourth-order valence-electron chi connectivity index (χ4n) is 1.56. The van der Waals surface area contributed by atoms with Gasteiger partial charge in [-0.25, -0.2) is 19.7 Å². The molecule has 1 rings (SSSR count). The van der Waals surface area contributed by atoms with Gasteiger partial charge in [0.25, 0.3) is 0 Å². The van der Waals surface area contributed by atoms with E-state index in [0.29, 0.717) is 6.42 Å². The number of urea groups is 2. The van der Waals surface area contributed by atoms with Crippen LogP contribution in [0.15, 0.2) is 30.3 Å². The van der Waals surface area contributed by atoms with Crippen LogP contribution in [0.2, 0.25) is 0 Å². The molecule has 0 aromatic heterocycles. The van der Waals surface area contributed by atoms with Crippen molar-refractivity contribution in [3.63, 3.8) is 0 Å². The predicted molar refractivity (Wildman–Crippen MR) is 70.7 cm³/mol. The minimum atomic E-state index is -1.02. The van der Waals surface area contributed by atoms with Gasteiger partial charge in [0.05, 0.1) is 6.04 Å². The second-order valence-corrected chi connectivity index (χ2v) is 3.98. The number of amides is 5. The molecule has 0 radical (unpaired) electrons. The Labute approximate surface area is 115 Å². The molecule has 8 nitrogen and oxygen atoms in total. The SMILES string of the molecule is NC(=O)NC(=O)OC[C@@H](Cc1ccccc1)NC(N)=O. The summed E-state index contributed by atoms with van der Waals surface area (Å²) in [4.78, 5) is 32.5. The van der Waals surface area contributed by atoms with E-state index in [9.17, 15) is 14.4 Å². The molecule has 0 heterocycles. The van der Waals surface area contributed by atoms with Gasteiger partial charge in [-0.2, -0.15) is 0 Å². The molecule has 1 aromatic carbocycles. The van der Waals surface area contributed by atoms with Crippen LogP contribution in [0.5, 0.6) is 0 Å². The standard InChI is InChI=1S/C12H16N4O4/c13-10(17)15-9(6-8-4-2-1-3-5-8)7-20-12(19)16-11(14)18/h1-5,9H,6-7H2,(H3,13,15,17)(H3,14,16,18,19)/t9-/m1/s1. The van der Waals surface area contributed by atoms with Crippen molar-refractivity contribution in [1.82, 2.24) is 10.6 Å². The van der Waals surface area contributed by atoms with Gasteiger partial charge in [-0.1, -0.05) is 30.3 Å². The number of nitrogens with one attached hydrogen (secondary N) is 2. The number of benzene rings is 1. The minimum Gasteiger partial charge on any atom is -0.447 e. The Morgan fingerprint density at radius 1 is 1.10 bits per heavy atom. The van der Waals surface area contributed by atoms with Crippen molar-refractivity contribution in [1.29, 1.82) is 0 Å². The third kappa shape index (κ3) is 6.24. The first-order valence-corrected chi connectivity index (χ1v) is 5.80. The number of hydrogen-bond donors (Lipinski definition) is 4. The number of nitrogens with two attached hydrogens (primary N) is 2. The summed E-state index contributed by atoms with van der Waals surface area (Å²) in [5.41, 5.74) is 10.8. The first-order chi connectivity index (χ1) is 9.47. The smallest absolute Gasteiger partial charge is 0.415 e. The number of alkyl carbamates (subject to hydrolysis) is 1. The first kappa shape index (κ1) is 15.3. The van der Waals surface area contributed by atoms with Crippen LogP contribution in [-0.4, -0.2) is 30.8 Å². The Morgan fingerprint density at radius 2 is 1.75 bits per heavy atom. The van der Waals surface area contributed by atoms with Gasteiger partial charge < -0.3 is 21.5 Å². The van der Waals surface area contributed by atoms with Crippen molar-refractivity contribution < 1.29 is 19.1 Å². The number of primary amides is 2. The average molecular weight is 280 g/mol. The molecule has 6 N–H and O–H groups in total.